The number of rotatable bonds is 9. The lowest BCUT2D eigenvalue weighted by Crippen LogP contribution is -2.59. The number of benzene rings is 1. The van der Waals surface area contributed by atoms with Gasteiger partial charge in [-0.25, -0.2) is 4.68 Å². The molecule has 2 N–H and O–H groups in total. The minimum absolute atomic E-state index is 0.0521. The largest absolute Gasteiger partial charge is 0.466 e. The van der Waals surface area contributed by atoms with Gasteiger partial charge in [0.25, 0.3) is 0 Å². The number of aromatic nitrogens is 3. The molecule has 2 amide bonds. The standard InChI is InChI=1S/C25H33N5O6/c1-4-14(3)17(12-31)30-21(22(32)26-13-29-16-9-7-6-8-15(16)27-28-29)25-11-10-18(36-25)19(20(25)23(30)33)24(34)35-5-2/h6-9,14,17-21,31H,4-5,10-13H2,1-3H3,(H,26,32)/t14-,17-,18-,19+,20+,21-,25+/m0/s1. The number of carbonyl (C=O) groups excluding carboxylic acids is 3. The predicted octanol–water partition coefficient (Wildman–Crippen LogP) is 0.850. The quantitative estimate of drug-likeness (QED) is 0.485. The molecule has 0 radical (unpaired) electrons. The van der Waals surface area contributed by atoms with Crippen molar-refractivity contribution in [3.8, 4) is 0 Å². The van der Waals surface area contributed by atoms with Crippen LogP contribution in [-0.4, -0.2) is 79.8 Å². The number of fused-ring (bicyclic) bond motifs is 2. The first-order valence-corrected chi connectivity index (χ1v) is 12.7. The molecule has 1 aromatic carbocycles. The number of aliphatic hydroxyl groups excluding tert-OH is 1. The second kappa shape index (κ2) is 9.44. The van der Waals surface area contributed by atoms with Crippen molar-refractivity contribution in [3.05, 3.63) is 24.3 Å². The van der Waals surface area contributed by atoms with E-state index in [-0.39, 0.29) is 31.7 Å². The van der Waals surface area contributed by atoms with Crippen molar-refractivity contribution in [1.29, 1.82) is 0 Å². The second-order valence-corrected chi connectivity index (χ2v) is 9.97. The Bertz CT molecular complexity index is 1170. The third-order valence-corrected chi connectivity index (χ3v) is 8.21. The number of amides is 2. The molecule has 194 valence electrons. The van der Waals surface area contributed by atoms with E-state index < -0.39 is 47.5 Å². The zero-order valence-electron chi connectivity index (χ0n) is 20.8. The molecular formula is C25H33N5O6. The third kappa shape index (κ3) is 3.59. The minimum atomic E-state index is -1.14. The van der Waals surface area contributed by atoms with Crippen LogP contribution < -0.4 is 5.32 Å². The van der Waals surface area contributed by atoms with Gasteiger partial charge in [-0.05, 0) is 37.8 Å². The van der Waals surface area contributed by atoms with Gasteiger partial charge in [0.05, 0.1) is 42.7 Å². The molecule has 0 aliphatic carbocycles. The summed E-state index contributed by atoms with van der Waals surface area (Å²) in [5, 5.41) is 21.5. The monoisotopic (exact) mass is 499 g/mol. The Labute approximate surface area is 209 Å². The Hall–Kier alpha value is -3.05. The fourth-order valence-electron chi connectivity index (χ4n) is 6.35. The van der Waals surface area contributed by atoms with Gasteiger partial charge < -0.3 is 24.8 Å². The molecule has 3 aliphatic heterocycles. The maximum atomic E-state index is 14.0. The first-order chi connectivity index (χ1) is 17.4. The van der Waals surface area contributed by atoms with Crippen LogP contribution >= 0.6 is 0 Å². The molecule has 0 saturated carbocycles. The molecule has 3 saturated heterocycles. The van der Waals surface area contributed by atoms with Crippen LogP contribution in [0, 0.1) is 17.8 Å². The molecular weight excluding hydrogens is 466 g/mol. The molecule has 5 rings (SSSR count). The van der Waals surface area contributed by atoms with Crippen LogP contribution in [0.5, 0.6) is 0 Å². The van der Waals surface area contributed by atoms with E-state index in [4.69, 9.17) is 9.47 Å². The highest BCUT2D eigenvalue weighted by molar-refractivity contribution is 5.98. The topological polar surface area (TPSA) is 136 Å². The van der Waals surface area contributed by atoms with Gasteiger partial charge in [0.1, 0.15) is 23.8 Å². The number of aliphatic hydroxyl groups is 1. The number of likely N-dealkylation sites (tertiary alicyclic amines) is 1. The van der Waals surface area contributed by atoms with E-state index in [0.717, 1.165) is 5.52 Å². The van der Waals surface area contributed by atoms with Gasteiger partial charge in [-0.2, -0.15) is 0 Å². The Kier molecular flexibility index (Phi) is 6.46. The first kappa shape index (κ1) is 24.6. The van der Waals surface area contributed by atoms with Crippen molar-refractivity contribution >= 4 is 28.8 Å². The van der Waals surface area contributed by atoms with Gasteiger partial charge in [-0.3, -0.25) is 14.4 Å². The molecule has 2 bridgehead atoms. The average molecular weight is 500 g/mol. The number of hydrogen-bond acceptors (Lipinski definition) is 8. The van der Waals surface area contributed by atoms with Gasteiger partial charge in [0.2, 0.25) is 11.8 Å². The van der Waals surface area contributed by atoms with Crippen LogP contribution in [0.4, 0.5) is 0 Å². The van der Waals surface area contributed by atoms with Crippen molar-refractivity contribution in [3.63, 3.8) is 0 Å². The Morgan fingerprint density at radius 1 is 1.33 bits per heavy atom. The molecule has 36 heavy (non-hydrogen) atoms. The van der Waals surface area contributed by atoms with Crippen LogP contribution in [0.25, 0.3) is 11.0 Å². The van der Waals surface area contributed by atoms with Crippen molar-refractivity contribution in [2.45, 2.75) is 70.5 Å². The lowest BCUT2D eigenvalue weighted by molar-refractivity contribution is -0.156. The second-order valence-electron chi connectivity index (χ2n) is 9.97. The summed E-state index contributed by atoms with van der Waals surface area (Å²) in [7, 11) is 0. The van der Waals surface area contributed by atoms with Crippen LogP contribution in [0.3, 0.4) is 0 Å². The third-order valence-electron chi connectivity index (χ3n) is 8.21. The molecule has 7 atom stereocenters. The summed E-state index contributed by atoms with van der Waals surface area (Å²) in [6.45, 7) is 5.59. The molecule has 11 nitrogen and oxygen atoms in total. The maximum Gasteiger partial charge on any atom is 0.312 e. The number of esters is 1. The van der Waals surface area contributed by atoms with E-state index >= 15 is 0 Å². The Morgan fingerprint density at radius 3 is 2.83 bits per heavy atom. The summed E-state index contributed by atoms with van der Waals surface area (Å²) in [4.78, 5) is 42.2. The van der Waals surface area contributed by atoms with E-state index in [2.05, 4.69) is 15.6 Å². The average Bonchev–Trinajstić information content (AvgIpc) is 3.62. The van der Waals surface area contributed by atoms with Crippen molar-refractivity contribution < 1.29 is 29.0 Å². The molecule has 2 aromatic rings. The van der Waals surface area contributed by atoms with Gasteiger partial charge in [0, 0.05) is 0 Å². The highest BCUT2D eigenvalue weighted by atomic mass is 16.6. The van der Waals surface area contributed by atoms with Crippen molar-refractivity contribution in [2.75, 3.05) is 13.2 Å². The molecule has 0 unspecified atom stereocenters. The first-order valence-electron chi connectivity index (χ1n) is 12.7. The Balaban J connectivity index is 1.49. The fourth-order valence-corrected chi connectivity index (χ4v) is 6.35. The van der Waals surface area contributed by atoms with Crippen LogP contribution in [0.2, 0.25) is 0 Å². The number of nitrogens with zero attached hydrogens (tertiary/aromatic N) is 4. The van der Waals surface area contributed by atoms with E-state index in [0.29, 0.717) is 24.8 Å². The van der Waals surface area contributed by atoms with Gasteiger partial charge >= 0.3 is 5.97 Å². The minimum Gasteiger partial charge on any atom is -0.466 e. The highest BCUT2D eigenvalue weighted by Gasteiger charge is 2.75. The maximum absolute atomic E-state index is 14.0. The molecule has 11 heteroatoms. The summed E-state index contributed by atoms with van der Waals surface area (Å²) in [6.07, 6.45) is 1.28. The summed E-state index contributed by atoms with van der Waals surface area (Å²) in [5.41, 5.74) is 0.325. The zero-order valence-corrected chi connectivity index (χ0v) is 20.8. The lowest BCUT2D eigenvalue weighted by atomic mass is 9.71. The number of ether oxygens (including phenoxy) is 2. The summed E-state index contributed by atoms with van der Waals surface area (Å²) in [6, 6.07) is 5.84. The molecule has 3 aliphatic rings. The summed E-state index contributed by atoms with van der Waals surface area (Å²) < 4.78 is 13.2. The normalized spacial score (nSPS) is 30.4. The van der Waals surface area contributed by atoms with Crippen LogP contribution in [-0.2, 0) is 30.5 Å². The summed E-state index contributed by atoms with van der Waals surface area (Å²) >= 11 is 0. The number of carbonyl (C=O) groups is 3. The smallest absolute Gasteiger partial charge is 0.312 e. The van der Waals surface area contributed by atoms with E-state index in [1.165, 1.54) is 4.90 Å². The molecule has 4 heterocycles. The Morgan fingerprint density at radius 2 is 2.11 bits per heavy atom. The van der Waals surface area contributed by atoms with Gasteiger partial charge in [0.15, 0.2) is 0 Å². The fraction of sp³-hybridized carbons (Fsp3) is 0.640. The molecule has 1 spiro atoms. The van der Waals surface area contributed by atoms with Gasteiger partial charge in [-0.1, -0.05) is 37.6 Å². The number of para-hydroxylation sites is 1. The molecule has 1 aromatic heterocycles. The number of nitrogens with one attached hydrogen (secondary N) is 1. The predicted molar refractivity (Wildman–Crippen MR) is 127 cm³/mol. The van der Waals surface area contributed by atoms with E-state index in [1.54, 1.807) is 11.6 Å². The van der Waals surface area contributed by atoms with Crippen LogP contribution in [0.15, 0.2) is 24.3 Å². The molecule has 3 fully saturated rings. The van der Waals surface area contributed by atoms with Gasteiger partial charge in [-0.15, -0.1) is 5.10 Å². The zero-order chi connectivity index (χ0) is 25.6. The highest BCUT2D eigenvalue weighted by Crippen LogP contribution is 2.59. The summed E-state index contributed by atoms with van der Waals surface area (Å²) in [5.74, 6) is -2.86. The van der Waals surface area contributed by atoms with Crippen LogP contribution in [0.1, 0.15) is 40.0 Å². The lowest BCUT2D eigenvalue weighted by Gasteiger charge is -2.38. The SMILES string of the molecule is CCOC(=O)[C@@H]1[C@@H]2CC[C@]3(O2)[C@H](C(=O)NCn2nnc4ccccc42)N([C@@H](CO)[C@@H](C)CC)C(=O)[C@@H]13. The number of hydrogen-bond donors (Lipinski definition) is 2. The van der Waals surface area contributed by atoms with E-state index in [9.17, 15) is 19.5 Å². The van der Waals surface area contributed by atoms with Crippen molar-refractivity contribution in [2.24, 2.45) is 17.8 Å². The van der Waals surface area contributed by atoms with E-state index in [1.807, 2.05) is 38.1 Å². The van der Waals surface area contributed by atoms with Crippen molar-refractivity contribution in [1.82, 2.24) is 25.2 Å².